The van der Waals surface area contributed by atoms with Crippen LogP contribution in [-0.4, -0.2) is 32.4 Å². The number of H-pyrrole nitrogens is 1. The summed E-state index contributed by atoms with van der Waals surface area (Å²) in [5, 5.41) is 3.32. The van der Waals surface area contributed by atoms with Crippen molar-refractivity contribution >= 4 is 5.91 Å². The van der Waals surface area contributed by atoms with E-state index in [4.69, 9.17) is 0 Å². The second-order valence-electron chi connectivity index (χ2n) is 7.21. The van der Waals surface area contributed by atoms with Crippen LogP contribution in [-0.2, 0) is 11.3 Å². The van der Waals surface area contributed by atoms with E-state index in [-0.39, 0.29) is 11.4 Å². The van der Waals surface area contributed by atoms with Gasteiger partial charge in [0.25, 0.3) is 0 Å². The lowest BCUT2D eigenvalue weighted by Gasteiger charge is -2.34. The molecule has 24 heavy (non-hydrogen) atoms. The summed E-state index contributed by atoms with van der Waals surface area (Å²) >= 11 is 0. The fourth-order valence-electron chi connectivity index (χ4n) is 4.46. The maximum Gasteiger partial charge on any atom is 0.220 e. The van der Waals surface area contributed by atoms with Crippen LogP contribution < -0.4 is 5.32 Å². The van der Waals surface area contributed by atoms with Gasteiger partial charge in [-0.1, -0.05) is 30.3 Å². The van der Waals surface area contributed by atoms with Gasteiger partial charge >= 0.3 is 0 Å². The van der Waals surface area contributed by atoms with Crippen LogP contribution in [0, 0.1) is 0 Å². The minimum atomic E-state index is -0.180. The van der Waals surface area contributed by atoms with Crippen molar-refractivity contribution in [2.45, 2.75) is 56.8 Å². The minimum Gasteiger partial charge on any atom is -0.349 e. The molecule has 0 saturated carbocycles. The lowest BCUT2D eigenvalue weighted by Crippen LogP contribution is -2.52. The number of amides is 1. The number of hydrogen-bond donors (Lipinski definition) is 2. The number of carbonyl (C=O) groups excluding carboxylic acids is 1. The highest BCUT2D eigenvalue weighted by Gasteiger charge is 2.51. The van der Waals surface area contributed by atoms with Crippen LogP contribution in [0.1, 0.15) is 50.0 Å². The fourth-order valence-corrected chi connectivity index (χ4v) is 4.46. The van der Waals surface area contributed by atoms with E-state index >= 15 is 0 Å². The molecular weight excluding hydrogens is 300 g/mol. The minimum absolute atomic E-state index is 0.180. The Kier molecular flexibility index (Phi) is 3.88. The van der Waals surface area contributed by atoms with Crippen molar-refractivity contribution in [1.29, 1.82) is 0 Å². The highest BCUT2D eigenvalue weighted by atomic mass is 16.1. The Morgan fingerprint density at radius 2 is 2.17 bits per heavy atom. The summed E-state index contributed by atoms with van der Waals surface area (Å²) in [5.74, 6) is 1.17. The molecule has 5 heteroatoms. The first-order valence-electron chi connectivity index (χ1n) is 8.76. The number of likely N-dealkylation sites (tertiary alicyclic amines) is 1. The van der Waals surface area contributed by atoms with Gasteiger partial charge in [0.05, 0.1) is 12.1 Å². The third kappa shape index (κ3) is 2.73. The molecule has 2 aliphatic rings. The number of rotatable bonds is 3. The third-order valence-electron chi connectivity index (χ3n) is 5.53. The number of fused-ring (bicyclic) bond motifs is 1. The molecule has 0 spiro atoms. The van der Waals surface area contributed by atoms with E-state index in [1.54, 1.807) is 6.20 Å². The molecule has 4 rings (SSSR count). The molecular formula is C19H24N4O. The first-order chi connectivity index (χ1) is 11.7. The van der Waals surface area contributed by atoms with Crippen molar-refractivity contribution in [2.24, 2.45) is 0 Å². The number of nitrogens with one attached hydrogen (secondary N) is 2. The van der Waals surface area contributed by atoms with Crippen molar-refractivity contribution in [3.63, 3.8) is 0 Å². The molecule has 0 aliphatic carbocycles. The zero-order valence-corrected chi connectivity index (χ0v) is 14.0. The quantitative estimate of drug-likeness (QED) is 0.912. The first-order valence-corrected chi connectivity index (χ1v) is 8.76. The first kappa shape index (κ1) is 15.4. The highest BCUT2D eigenvalue weighted by Crippen LogP contribution is 2.45. The topological polar surface area (TPSA) is 61.0 Å². The predicted octanol–water partition coefficient (Wildman–Crippen LogP) is 2.78. The van der Waals surface area contributed by atoms with Gasteiger partial charge in [0, 0.05) is 30.9 Å². The average molecular weight is 324 g/mol. The molecule has 1 aromatic heterocycles. The van der Waals surface area contributed by atoms with Gasteiger partial charge in [0.2, 0.25) is 5.91 Å². The van der Waals surface area contributed by atoms with Gasteiger partial charge < -0.3 is 10.3 Å². The number of hydrogen-bond acceptors (Lipinski definition) is 3. The number of nitrogens with zero attached hydrogens (tertiary/aromatic N) is 2. The SMILES string of the molecule is C[C@]12C[C@@H](c3ccccc3)N(Cc3ncc[nH]3)[C@H]1CCCC(=O)N2. The van der Waals surface area contributed by atoms with Gasteiger partial charge in [0.1, 0.15) is 5.82 Å². The van der Waals surface area contributed by atoms with E-state index in [1.165, 1.54) is 5.56 Å². The molecule has 126 valence electrons. The highest BCUT2D eigenvalue weighted by molar-refractivity contribution is 5.77. The summed E-state index contributed by atoms with van der Waals surface area (Å²) in [6.07, 6.45) is 7.24. The molecule has 2 N–H and O–H groups in total. The zero-order valence-electron chi connectivity index (χ0n) is 14.0. The average Bonchev–Trinajstić information content (AvgIpc) is 3.13. The predicted molar refractivity (Wildman–Crippen MR) is 92.1 cm³/mol. The van der Waals surface area contributed by atoms with Crippen LogP contribution in [0.3, 0.4) is 0 Å². The van der Waals surface area contributed by atoms with E-state index < -0.39 is 0 Å². The van der Waals surface area contributed by atoms with Crippen molar-refractivity contribution in [3.05, 3.63) is 54.1 Å². The number of aromatic nitrogens is 2. The van der Waals surface area contributed by atoms with Gasteiger partial charge in [-0.05, 0) is 31.7 Å². The molecule has 3 atom stereocenters. The van der Waals surface area contributed by atoms with Crippen LogP contribution in [0.2, 0.25) is 0 Å². The maximum absolute atomic E-state index is 12.1. The van der Waals surface area contributed by atoms with E-state index in [0.717, 1.165) is 31.6 Å². The molecule has 2 saturated heterocycles. The number of aromatic amines is 1. The van der Waals surface area contributed by atoms with Crippen LogP contribution >= 0.6 is 0 Å². The van der Waals surface area contributed by atoms with Gasteiger partial charge in [0.15, 0.2) is 0 Å². The summed E-state index contributed by atoms with van der Waals surface area (Å²) in [6.45, 7) is 2.99. The van der Waals surface area contributed by atoms with Crippen molar-refractivity contribution in [3.8, 4) is 0 Å². The Bertz CT molecular complexity index is 699. The second-order valence-corrected chi connectivity index (χ2v) is 7.21. The Morgan fingerprint density at radius 1 is 1.33 bits per heavy atom. The van der Waals surface area contributed by atoms with Crippen molar-refractivity contribution in [1.82, 2.24) is 20.2 Å². The van der Waals surface area contributed by atoms with Gasteiger partial charge in [-0.15, -0.1) is 0 Å². The molecule has 5 nitrogen and oxygen atoms in total. The lowest BCUT2D eigenvalue weighted by atomic mass is 9.88. The normalized spacial score (nSPS) is 30.6. The summed E-state index contributed by atoms with van der Waals surface area (Å²) in [4.78, 5) is 22.3. The maximum atomic E-state index is 12.1. The zero-order chi connectivity index (χ0) is 16.6. The standard InChI is InChI=1S/C19H24N4O/c1-19-12-15(14-6-3-2-4-7-14)23(13-17-20-10-11-21-17)16(19)8-5-9-18(24)22-19/h2-4,6-7,10-11,15-16H,5,8-9,12-13H2,1H3,(H,20,21)(H,22,24)/t15-,16-,19-/m0/s1. The molecule has 3 heterocycles. The van der Waals surface area contributed by atoms with E-state index in [0.29, 0.717) is 18.5 Å². The van der Waals surface area contributed by atoms with Gasteiger partial charge in [-0.3, -0.25) is 9.69 Å². The third-order valence-corrected chi connectivity index (χ3v) is 5.53. The molecule has 2 aromatic rings. The largest absolute Gasteiger partial charge is 0.349 e. The Morgan fingerprint density at radius 3 is 2.92 bits per heavy atom. The van der Waals surface area contributed by atoms with Crippen LogP contribution in [0.4, 0.5) is 0 Å². The van der Waals surface area contributed by atoms with Crippen molar-refractivity contribution in [2.75, 3.05) is 0 Å². The summed E-state index contributed by atoms with van der Waals surface area (Å²) in [7, 11) is 0. The monoisotopic (exact) mass is 324 g/mol. The Labute approximate surface area is 142 Å². The summed E-state index contributed by atoms with van der Waals surface area (Å²) < 4.78 is 0. The van der Waals surface area contributed by atoms with Gasteiger partial charge in [-0.2, -0.15) is 0 Å². The molecule has 0 bridgehead atoms. The Hall–Kier alpha value is -2.14. The summed E-state index contributed by atoms with van der Waals surface area (Å²) in [5.41, 5.74) is 1.13. The van der Waals surface area contributed by atoms with Crippen molar-refractivity contribution < 1.29 is 4.79 Å². The number of benzene rings is 1. The lowest BCUT2D eigenvalue weighted by molar-refractivity contribution is -0.122. The fraction of sp³-hybridized carbons (Fsp3) is 0.474. The smallest absolute Gasteiger partial charge is 0.220 e. The number of imidazole rings is 1. The van der Waals surface area contributed by atoms with Crippen LogP contribution in [0.25, 0.3) is 0 Å². The van der Waals surface area contributed by atoms with E-state index in [1.807, 2.05) is 6.20 Å². The molecule has 1 aromatic carbocycles. The number of carbonyl (C=O) groups is 1. The molecule has 1 amide bonds. The second kappa shape index (κ2) is 6.06. The Balaban J connectivity index is 1.70. The van der Waals surface area contributed by atoms with E-state index in [2.05, 4.69) is 57.4 Å². The molecule has 0 unspecified atom stereocenters. The summed E-state index contributed by atoms with van der Waals surface area (Å²) in [6, 6.07) is 11.2. The molecule has 2 fully saturated rings. The molecule has 2 aliphatic heterocycles. The van der Waals surface area contributed by atoms with E-state index in [9.17, 15) is 4.79 Å². The molecule has 0 radical (unpaired) electrons. The van der Waals surface area contributed by atoms with Crippen LogP contribution in [0.15, 0.2) is 42.7 Å². The van der Waals surface area contributed by atoms with Crippen LogP contribution in [0.5, 0.6) is 0 Å². The van der Waals surface area contributed by atoms with Gasteiger partial charge in [-0.25, -0.2) is 4.98 Å².